The number of fused-ring (bicyclic) bond motifs is 1. The molecule has 0 spiro atoms. The molecule has 2 atom stereocenters. The Hall–Kier alpha value is -2.16. The predicted octanol–water partition coefficient (Wildman–Crippen LogP) is 3.26. The van der Waals surface area contributed by atoms with E-state index in [0.717, 1.165) is 29.8 Å². The van der Waals surface area contributed by atoms with Crippen LogP contribution in [0.4, 0.5) is 5.82 Å². The summed E-state index contributed by atoms with van der Waals surface area (Å²) in [6.07, 6.45) is 5.21. The van der Waals surface area contributed by atoms with Gasteiger partial charge in [-0.05, 0) is 30.5 Å². The topological polar surface area (TPSA) is 33.2 Å². The standard InChI is InChI=1S/C17H16N2O/c20-17-14-7-4-8-15(14)19(17)16-10-9-13(11-18-16)12-5-2-1-3-6-12/h1-3,5-6,9-11,14-15H,4,7-8H2/t14-,15+/m0/s1. The maximum atomic E-state index is 12.1. The summed E-state index contributed by atoms with van der Waals surface area (Å²) in [5, 5.41) is 0. The van der Waals surface area contributed by atoms with Gasteiger partial charge in [0.1, 0.15) is 5.82 Å². The summed E-state index contributed by atoms with van der Waals surface area (Å²) in [6.45, 7) is 0. The Balaban J connectivity index is 1.61. The molecule has 2 fully saturated rings. The van der Waals surface area contributed by atoms with Gasteiger partial charge in [-0.25, -0.2) is 4.98 Å². The minimum Gasteiger partial charge on any atom is -0.293 e. The molecule has 100 valence electrons. The molecular weight excluding hydrogens is 248 g/mol. The zero-order valence-electron chi connectivity index (χ0n) is 11.2. The average Bonchev–Trinajstić information content (AvgIpc) is 2.93. The third-order valence-corrected chi connectivity index (χ3v) is 4.47. The zero-order valence-corrected chi connectivity index (χ0v) is 11.2. The van der Waals surface area contributed by atoms with Crippen LogP contribution in [-0.4, -0.2) is 16.9 Å². The molecule has 1 aliphatic carbocycles. The number of carbonyl (C=O) groups excluding carboxylic acids is 1. The third-order valence-electron chi connectivity index (χ3n) is 4.47. The number of anilines is 1. The maximum Gasteiger partial charge on any atom is 0.233 e. The Morgan fingerprint density at radius 1 is 1.00 bits per heavy atom. The van der Waals surface area contributed by atoms with Crippen molar-refractivity contribution >= 4 is 11.7 Å². The highest BCUT2D eigenvalue weighted by atomic mass is 16.2. The molecule has 1 saturated heterocycles. The van der Waals surface area contributed by atoms with E-state index in [2.05, 4.69) is 17.1 Å². The van der Waals surface area contributed by atoms with E-state index < -0.39 is 0 Å². The Labute approximate surface area is 118 Å². The van der Waals surface area contributed by atoms with Crippen molar-refractivity contribution in [2.45, 2.75) is 25.3 Å². The number of nitrogens with zero attached hydrogens (tertiary/aromatic N) is 2. The largest absolute Gasteiger partial charge is 0.293 e. The van der Waals surface area contributed by atoms with Crippen LogP contribution < -0.4 is 4.90 Å². The fourth-order valence-electron chi connectivity index (χ4n) is 3.41. The van der Waals surface area contributed by atoms with E-state index >= 15 is 0 Å². The molecular formula is C17H16N2O. The predicted molar refractivity (Wildman–Crippen MR) is 78.3 cm³/mol. The van der Waals surface area contributed by atoms with Crippen LogP contribution in [0.25, 0.3) is 11.1 Å². The number of hydrogen-bond acceptors (Lipinski definition) is 2. The number of aromatic nitrogens is 1. The van der Waals surface area contributed by atoms with Crippen molar-refractivity contribution in [1.29, 1.82) is 0 Å². The highest BCUT2D eigenvalue weighted by molar-refractivity contribution is 6.02. The van der Waals surface area contributed by atoms with Crippen molar-refractivity contribution in [3.63, 3.8) is 0 Å². The van der Waals surface area contributed by atoms with Gasteiger partial charge in [0.2, 0.25) is 5.91 Å². The average molecular weight is 264 g/mol. The second-order valence-corrected chi connectivity index (χ2v) is 5.58. The number of amides is 1. The first-order valence-corrected chi connectivity index (χ1v) is 7.19. The summed E-state index contributed by atoms with van der Waals surface area (Å²) in [5.74, 6) is 1.33. The molecule has 0 N–H and O–H groups in total. The maximum absolute atomic E-state index is 12.1. The molecule has 0 radical (unpaired) electrons. The van der Waals surface area contributed by atoms with E-state index in [9.17, 15) is 4.79 Å². The minimum atomic E-state index is 0.257. The molecule has 3 nitrogen and oxygen atoms in total. The molecule has 2 aliphatic rings. The van der Waals surface area contributed by atoms with Gasteiger partial charge in [0.05, 0.1) is 5.92 Å². The van der Waals surface area contributed by atoms with Gasteiger partial charge >= 0.3 is 0 Å². The van der Waals surface area contributed by atoms with Crippen molar-refractivity contribution in [3.05, 3.63) is 48.7 Å². The molecule has 1 aromatic carbocycles. The summed E-state index contributed by atoms with van der Waals surface area (Å²) in [4.78, 5) is 18.5. The number of carbonyl (C=O) groups is 1. The number of rotatable bonds is 2. The van der Waals surface area contributed by atoms with Crippen LogP contribution >= 0.6 is 0 Å². The Kier molecular flexibility index (Phi) is 2.59. The van der Waals surface area contributed by atoms with Crippen LogP contribution in [0.1, 0.15) is 19.3 Å². The van der Waals surface area contributed by atoms with Crippen molar-refractivity contribution in [2.24, 2.45) is 5.92 Å². The van der Waals surface area contributed by atoms with Gasteiger partial charge in [0.15, 0.2) is 0 Å². The Bertz CT molecular complexity index is 636. The van der Waals surface area contributed by atoms with Crippen LogP contribution in [0.2, 0.25) is 0 Å². The molecule has 4 rings (SSSR count). The first-order chi connectivity index (χ1) is 9.84. The third kappa shape index (κ3) is 1.66. The molecule has 2 aromatic rings. The van der Waals surface area contributed by atoms with Crippen LogP contribution in [0, 0.1) is 5.92 Å². The Morgan fingerprint density at radius 3 is 2.60 bits per heavy atom. The molecule has 3 heteroatoms. The van der Waals surface area contributed by atoms with Gasteiger partial charge in [0.25, 0.3) is 0 Å². The number of hydrogen-bond donors (Lipinski definition) is 0. The van der Waals surface area contributed by atoms with Gasteiger partial charge in [-0.2, -0.15) is 0 Å². The molecule has 1 aromatic heterocycles. The van der Waals surface area contributed by atoms with Crippen molar-refractivity contribution in [2.75, 3.05) is 4.90 Å². The lowest BCUT2D eigenvalue weighted by atomic mass is 9.90. The van der Waals surface area contributed by atoms with Crippen LogP contribution in [-0.2, 0) is 4.79 Å². The van der Waals surface area contributed by atoms with E-state index in [4.69, 9.17) is 0 Å². The lowest BCUT2D eigenvalue weighted by Gasteiger charge is -2.42. The SMILES string of the molecule is O=C1[C@H]2CCC[C@H]2N1c1ccc(-c2ccccc2)cn1. The highest BCUT2D eigenvalue weighted by Gasteiger charge is 2.50. The zero-order chi connectivity index (χ0) is 13.5. The molecule has 20 heavy (non-hydrogen) atoms. The van der Waals surface area contributed by atoms with Gasteiger partial charge in [-0.3, -0.25) is 9.69 Å². The lowest BCUT2D eigenvalue weighted by molar-refractivity contribution is -0.129. The monoisotopic (exact) mass is 264 g/mol. The smallest absolute Gasteiger partial charge is 0.233 e. The summed E-state index contributed by atoms with van der Waals surface area (Å²) in [7, 11) is 0. The van der Waals surface area contributed by atoms with Gasteiger partial charge in [-0.1, -0.05) is 36.8 Å². The van der Waals surface area contributed by atoms with E-state index in [1.807, 2.05) is 41.4 Å². The van der Waals surface area contributed by atoms with E-state index in [0.29, 0.717) is 6.04 Å². The van der Waals surface area contributed by atoms with Gasteiger partial charge < -0.3 is 0 Å². The molecule has 1 amide bonds. The molecule has 2 heterocycles. The summed E-state index contributed by atoms with van der Waals surface area (Å²) < 4.78 is 0. The van der Waals surface area contributed by atoms with E-state index in [1.165, 1.54) is 6.42 Å². The normalized spacial score (nSPS) is 24.4. The lowest BCUT2D eigenvalue weighted by Crippen LogP contribution is -2.58. The minimum absolute atomic E-state index is 0.257. The molecule has 1 saturated carbocycles. The second kappa shape index (κ2) is 4.44. The molecule has 0 bridgehead atoms. The van der Waals surface area contributed by atoms with Crippen molar-refractivity contribution in [3.8, 4) is 11.1 Å². The van der Waals surface area contributed by atoms with Crippen LogP contribution in [0.3, 0.4) is 0 Å². The van der Waals surface area contributed by atoms with E-state index in [1.54, 1.807) is 0 Å². The molecule has 0 unspecified atom stereocenters. The second-order valence-electron chi connectivity index (χ2n) is 5.58. The number of pyridine rings is 1. The summed E-state index contributed by atoms with van der Waals surface area (Å²) >= 11 is 0. The number of β-lactam (4-membered cyclic amide) rings is 1. The fourth-order valence-corrected chi connectivity index (χ4v) is 3.41. The summed E-state index contributed by atoms with van der Waals surface area (Å²) in [5.41, 5.74) is 2.24. The molecule has 1 aliphatic heterocycles. The van der Waals surface area contributed by atoms with Gasteiger partial charge in [0, 0.05) is 17.8 Å². The Morgan fingerprint density at radius 2 is 1.85 bits per heavy atom. The summed E-state index contributed by atoms with van der Waals surface area (Å²) in [6, 6.07) is 14.6. The first kappa shape index (κ1) is 11.6. The first-order valence-electron chi connectivity index (χ1n) is 7.19. The quantitative estimate of drug-likeness (QED) is 0.780. The highest BCUT2D eigenvalue weighted by Crippen LogP contribution is 2.42. The number of benzene rings is 1. The van der Waals surface area contributed by atoms with Crippen LogP contribution in [0.5, 0.6) is 0 Å². The van der Waals surface area contributed by atoms with Gasteiger partial charge in [-0.15, -0.1) is 0 Å². The van der Waals surface area contributed by atoms with Crippen molar-refractivity contribution < 1.29 is 4.79 Å². The van der Waals surface area contributed by atoms with E-state index in [-0.39, 0.29) is 11.8 Å². The fraction of sp³-hybridized carbons (Fsp3) is 0.294. The van der Waals surface area contributed by atoms with Crippen molar-refractivity contribution in [1.82, 2.24) is 4.98 Å². The van der Waals surface area contributed by atoms with Crippen LogP contribution in [0.15, 0.2) is 48.7 Å².